The Morgan fingerprint density at radius 1 is 1.29 bits per heavy atom. The smallest absolute Gasteiger partial charge is 0.122 e. The lowest BCUT2D eigenvalue weighted by Gasteiger charge is -2.17. The molecule has 2 N–H and O–H groups in total. The fourth-order valence-electron chi connectivity index (χ4n) is 2.06. The molecule has 2 heteroatoms. The Hall–Kier alpha value is -1.02. The van der Waals surface area contributed by atoms with Gasteiger partial charge in [-0.1, -0.05) is 26.8 Å². The van der Waals surface area contributed by atoms with E-state index in [1.807, 2.05) is 0 Å². The second-order valence-electron chi connectivity index (χ2n) is 4.86. The summed E-state index contributed by atoms with van der Waals surface area (Å²) >= 11 is 0. The van der Waals surface area contributed by atoms with Gasteiger partial charge in [-0.2, -0.15) is 0 Å². The molecule has 17 heavy (non-hydrogen) atoms. The summed E-state index contributed by atoms with van der Waals surface area (Å²) < 4.78 is 5.80. The molecule has 0 aliphatic heterocycles. The third-order valence-electron chi connectivity index (χ3n) is 2.95. The van der Waals surface area contributed by atoms with Crippen molar-refractivity contribution in [2.45, 2.75) is 46.5 Å². The van der Waals surface area contributed by atoms with Gasteiger partial charge >= 0.3 is 0 Å². The fourth-order valence-corrected chi connectivity index (χ4v) is 2.06. The lowest BCUT2D eigenvalue weighted by molar-refractivity contribution is 0.314. The van der Waals surface area contributed by atoms with E-state index in [2.05, 4.69) is 39.8 Å². The molecular formula is C15H25NO. The van der Waals surface area contributed by atoms with Crippen molar-refractivity contribution in [3.05, 3.63) is 28.8 Å². The first-order chi connectivity index (χ1) is 8.10. The van der Waals surface area contributed by atoms with Gasteiger partial charge in [0.05, 0.1) is 6.61 Å². The molecule has 0 heterocycles. The molecule has 96 valence electrons. The highest BCUT2D eigenvalue weighted by Crippen LogP contribution is 2.28. The van der Waals surface area contributed by atoms with Gasteiger partial charge in [0.25, 0.3) is 0 Å². The molecule has 1 rings (SSSR count). The Morgan fingerprint density at radius 2 is 2.00 bits per heavy atom. The average Bonchev–Trinajstić information content (AvgIpc) is 2.28. The summed E-state index contributed by atoms with van der Waals surface area (Å²) in [6.45, 7) is 10.2. The average molecular weight is 235 g/mol. The van der Waals surface area contributed by atoms with E-state index in [1.54, 1.807) is 0 Å². The monoisotopic (exact) mass is 235 g/mol. The van der Waals surface area contributed by atoms with E-state index < -0.39 is 0 Å². The Morgan fingerprint density at radius 3 is 2.53 bits per heavy atom. The summed E-state index contributed by atoms with van der Waals surface area (Å²) in [5.41, 5.74) is 9.62. The van der Waals surface area contributed by atoms with Gasteiger partial charge in [-0.05, 0) is 55.0 Å². The Bertz CT molecular complexity index is 358. The predicted molar refractivity (Wildman–Crippen MR) is 73.8 cm³/mol. The summed E-state index contributed by atoms with van der Waals surface area (Å²) in [7, 11) is 0. The third kappa shape index (κ3) is 3.74. The maximum Gasteiger partial charge on any atom is 0.122 e. The lowest BCUT2D eigenvalue weighted by atomic mass is 9.94. The van der Waals surface area contributed by atoms with Gasteiger partial charge in [0.15, 0.2) is 0 Å². The summed E-state index contributed by atoms with van der Waals surface area (Å²) in [5.74, 6) is 1.56. The predicted octanol–water partition coefficient (Wildman–Crippen LogP) is 3.41. The van der Waals surface area contributed by atoms with Crippen LogP contribution in [0.2, 0.25) is 0 Å². The largest absolute Gasteiger partial charge is 0.493 e. The molecule has 0 spiro atoms. The fraction of sp³-hybridized carbons (Fsp3) is 0.600. The van der Waals surface area contributed by atoms with Crippen LogP contribution in [0.1, 0.15) is 49.8 Å². The van der Waals surface area contributed by atoms with Gasteiger partial charge in [0.1, 0.15) is 5.75 Å². The highest BCUT2D eigenvalue weighted by atomic mass is 16.5. The molecule has 0 aromatic heterocycles. The van der Waals surface area contributed by atoms with Crippen molar-refractivity contribution in [2.24, 2.45) is 5.73 Å². The maximum absolute atomic E-state index is 5.80. The van der Waals surface area contributed by atoms with Crippen LogP contribution in [0.5, 0.6) is 5.75 Å². The van der Waals surface area contributed by atoms with Crippen LogP contribution < -0.4 is 10.5 Å². The zero-order valence-electron chi connectivity index (χ0n) is 11.5. The first kappa shape index (κ1) is 14.0. The van der Waals surface area contributed by atoms with Crippen LogP contribution >= 0.6 is 0 Å². The molecule has 0 aliphatic rings. The second kappa shape index (κ2) is 6.65. The van der Waals surface area contributed by atoms with E-state index in [0.717, 1.165) is 25.2 Å². The summed E-state index contributed by atoms with van der Waals surface area (Å²) in [6, 6.07) is 4.42. The topological polar surface area (TPSA) is 35.2 Å². The highest BCUT2D eigenvalue weighted by Gasteiger charge is 2.10. The molecule has 0 saturated carbocycles. The SMILES string of the molecule is CCCOc1cc(C)c(C(C)C)cc1CCN. The number of hydrogen-bond donors (Lipinski definition) is 1. The Kier molecular flexibility index (Phi) is 5.49. The Balaban J connectivity index is 3.06. The molecule has 0 fully saturated rings. The quantitative estimate of drug-likeness (QED) is 0.820. The zero-order valence-corrected chi connectivity index (χ0v) is 11.5. The number of nitrogens with two attached hydrogens (primary N) is 1. The molecule has 0 aliphatic carbocycles. The zero-order chi connectivity index (χ0) is 12.8. The van der Waals surface area contributed by atoms with E-state index >= 15 is 0 Å². The van der Waals surface area contributed by atoms with Gasteiger partial charge in [-0.3, -0.25) is 0 Å². The minimum Gasteiger partial charge on any atom is -0.493 e. The van der Waals surface area contributed by atoms with Crippen LogP contribution in [0.25, 0.3) is 0 Å². The van der Waals surface area contributed by atoms with Gasteiger partial charge in [0.2, 0.25) is 0 Å². The van der Waals surface area contributed by atoms with Crippen LogP contribution in [0, 0.1) is 6.92 Å². The van der Waals surface area contributed by atoms with E-state index in [1.165, 1.54) is 16.7 Å². The highest BCUT2D eigenvalue weighted by molar-refractivity contribution is 5.43. The minimum atomic E-state index is 0.548. The maximum atomic E-state index is 5.80. The number of hydrogen-bond acceptors (Lipinski definition) is 2. The molecule has 1 aromatic rings. The molecule has 0 bridgehead atoms. The van der Waals surface area contributed by atoms with Crippen molar-refractivity contribution >= 4 is 0 Å². The normalized spacial score (nSPS) is 10.9. The number of benzene rings is 1. The summed E-state index contributed by atoms with van der Waals surface area (Å²) in [6.07, 6.45) is 1.92. The molecule has 2 nitrogen and oxygen atoms in total. The van der Waals surface area contributed by atoms with E-state index in [4.69, 9.17) is 10.5 Å². The van der Waals surface area contributed by atoms with Crippen molar-refractivity contribution in [2.75, 3.05) is 13.2 Å². The molecule has 0 saturated heterocycles. The van der Waals surface area contributed by atoms with Crippen molar-refractivity contribution in [1.82, 2.24) is 0 Å². The van der Waals surface area contributed by atoms with Gasteiger partial charge in [-0.25, -0.2) is 0 Å². The lowest BCUT2D eigenvalue weighted by Crippen LogP contribution is -2.07. The molecule has 0 unspecified atom stereocenters. The molecule has 1 aromatic carbocycles. The Labute approximate surface area is 105 Å². The van der Waals surface area contributed by atoms with Crippen LogP contribution in [0.4, 0.5) is 0 Å². The molecule has 0 amide bonds. The van der Waals surface area contributed by atoms with E-state index in [-0.39, 0.29) is 0 Å². The van der Waals surface area contributed by atoms with Gasteiger partial charge in [0, 0.05) is 0 Å². The minimum absolute atomic E-state index is 0.548. The standard InChI is InChI=1S/C15H25NO/c1-5-8-17-15-9-12(4)14(11(2)3)10-13(15)6-7-16/h9-11H,5-8,16H2,1-4H3. The molecule has 0 radical (unpaired) electrons. The summed E-state index contributed by atoms with van der Waals surface area (Å²) in [5, 5.41) is 0. The van der Waals surface area contributed by atoms with Gasteiger partial charge < -0.3 is 10.5 Å². The first-order valence-corrected chi connectivity index (χ1v) is 6.56. The number of rotatable bonds is 6. The van der Waals surface area contributed by atoms with E-state index in [9.17, 15) is 0 Å². The molecular weight excluding hydrogens is 210 g/mol. The second-order valence-corrected chi connectivity index (χ2v) is 4.86. The number of ether oxygens (including phenoxy) is 1. The third-order valence-corrected chi connectivity index (χ3v) is 2.95. The van der Waals surface area contributed by atoms with Crippen molar-refractivity contribution in [3.8, 4) is 5.75 Å². The van der Waals surface area contributed by atoms with Crippen LogP contribution in [-0.4, -0.2) is 13.2 Å². The van der Waals surface area contributed by atoms with Crippen LogP contribution in [-0.2, 0) is 6.42 Å². The molecule has 0 atom stereocenters. The first-order valence-electron chi connectivity index (χ1n) is 6.56. The number of aryl methyl sites for hydroxylation is 1. The van der Waals surface area contributed by atoms with Crippen LogP contribution in [0.15, 0.2) is 12.1 Å². The van der Waals surface area contributed by atoms with E-state index in [0.29, 0.717) is 12.5 Å². The van der Waals surface area contributed by atoms with Crippen molar-refractivity contribution in [3.63, 3.8) is 0 Å². The van der Waals surface area contributed by atoms with Crippen molar-refractivity contribution in [1.29, 1.82) is 0 Å². The van der Waals surface area contributed by atoms with Crippen LogP contribution in [0.3, 0.4) is 0 Å². The summed E-state index contributed by atoms with van der Waals surface area (Å²) in [4.78, 5) is 0. The van der Waals surface area contributed by atoms with Gasteiger partial charge in [-0.15, -0.1) is 0 Å². The van der Waals surface area contributed by atoms with Crippen molar-refractivity contribution < 1.29 is 4.74 Å².